The van der Waals surface area contributed by atoms with E-state index in [1.807, 2.05) is 17.8 Å². The Labute approximate surface area is 98.5 Å². The Morgan fingerprint density at radius 1 is 1.47 bits per heavy atom. The molecule has 0 unspecified atom stereocenters. The van der Waals surface area contributed by atoms with Gasteiger partial charge < -0.3 is 4.57 Å². The van der Waals surface area contributed by atoms with Crippen molar-refractivity contribution in [1.82, 2.24) is 9.55 Å². The maximum Gasteiger partial charge on any atom is 0.111 e. The topological polar surface area (TPSA) is 17.8 Å². The van der Waals surface area contributed by atoms with Crippen molar-refractivity contribution in [2.75, 3.05) is 0 Å². The van der Waals surface area contributed by atoms with Crippen molar-refractivity contribution in [3.05, 3.63) is 39.6 Å². The van der Waals surface area contributed by atoms with Crippen LogP contribution in [0.25, 0.3) is 0 Å². The molecule has 2 aromatic heterocycles. The lowest BCUT2D eigenvalue weighted by atomic mass is 10.2. The highest BCUT2D eigenvalue weighted by molar-refractivity contribution is 7.08. The molecule has 80 valence electrons. The van der Waals surface area contributed by atoms with E-state index in [2.05, 4.69) is 28.8 Å². The van der Waals surface area contributed by atoms with Crippen LogP contribution in [0.3, 0.4) is 0 Å². The van der Waals surface area contributed by atoms with Gasteiger partial charge in [0.15, 0.2) is 0 Å². The highest BCUT2D eigenvalue weighted by Crippen LogP contribution is 2.23. The molecule has 0 radical (unpaired) electrons. The first kappa shape index (κ1) is 10.7. The zero-order valence-corrected chi connectivity index (χ0v) is 10.3. The monoisotopic (exact) mass is 240 g/mol. The summed E-state index contributed by atoms with van der Waals surface area (Å²) in [6.45, 7) is 5.11. The van der Waals surface area contributed by atoms with Crippen LogP contribution >= 0.6 is 22.9 Å². The number of hydrogen-bond donors (Lipinski definition) is 0. The van der Waals surface area contributed by atoms with Crippen LogP contribution in [0.15, 0.2) is 23.2 Å². The van der Waals surface area contributed by atoms with Crippen molar-refractivity contribution in [3.8, 4) is 0 Å². The SMILES string of the molecule is CC(C)c1nccn1Cc1cscc1Cl. The van der Waals surface area contributed by atoms with E-state index < -0.39 is 0 Å². The third-order valence-corrected chi connectivity index (χ3v) is 3.57. The number of thiophene rings is 1. The summed E-state index contributed by atoms with van der Waals surface area (Å²) in [5.41, 5.74) is 1.17. The maximum absolute atomic E-state index is 6.07. The highest BCUT2D eigenvalue weighted by atomic mass is 35.5. The molecule has 2 nitrogen and oxygen atoms in total. The van der Waals surface area contributed by atoms with Gasteiger partial charge in [-0.25, -0.2) is 4.98 Å². The Balaban J connectivity index is 2.25. The Hall–Kier alpha value is -0.800. The molecular formula is C11H13ClN2S. The first-order valence-electron chi connectivity index (χ1n) is 4.90. The van der Waals surface area contributed by atoms with Crippen LogP contribution in [0.2, 0.25) is 5.02 Å². The van der Waals surface area contributed by atoms with E-state index in [1.54, 1.807) is 11.3 Å². The first-order chi connectivity index (χ1) is 7.18. The minimum atomic E-state index is 0.442. The zero-order chi connectivity index (χ0) is 10.8. The highest BCUT2D eigenvalue weighted by Gasteiger charge is 2.09. The van der Waals surface area contributed by atoms with Crippen molar-refractivity contribution in [1.29, 1.82) is 0 Å². The van der Waals surface area contributed by atoms with Gasteiger partial charge in [-0.3, -0.25) is 0 Å². The molecule has 0 saturated heterocycles. The number of rotatable bonds is 3. The van der Waals surface area contributed by atoms with Crippen molar-refractivity contribution in [2.45, 2.75) is 26.3 Å². The summed E-state index contributed by atoms with van der Waals surface area (Å²) in [4.78, 5) is 4.35. The minimum absolute atomic E-state index is 0.442. The molecule has 0 spiro atoms. The van der Waals surface area contributed by atoms with E-state index >= 15 is 0 Å². The van der Waals surface area contributed by atoms with Crippen LogP contribution in [-0.2, 0) is 6.54 Å². The second kappa shape index (κ2) is 4.37. The second-order valence-corrected chi connectivity index (χ2v) is 4.96. The molecule has 0 aliphatic carbocycles. The average molecular weight is 241 g/mol. The van der Waals surface area contributed by atoms with E-state index in [4.69, 9.17) is 11.6 Å². The second-order valence-electron chi connectivity index (χ2n) is 3.81. The van der Waals surface area contributed by atoms with Crippen LogP contribution in [0.4, 0.5) is 0 Å². The Bertz CT molecular complexity index is 445. The summed E-state index contributed by atoms with van der Waals surface area (Å²) < 4.78 is 2.15. The quantitative estimate of drug-likeness (QED) is 0.799. The fourth-order valence-electron chi connectivity index (χ4n) is 1.56. The van der Waals surface area contributed by atoms with Gasteiger partial charge in [0.2, 0.25) is 0 Å². The third kappa shape index (κ3) is 2.24. The van der Waals surface area contributed by atoms with E-state index in [9.17, 15) is 0 Å². The van der Waals surface area contributed by atoms with Crippen LogP contribution in [0.5, 0.6) is 0 Å². The molecule has 0 atom stereocenters. The molecule has 0 fully saturated rings. The molecule has 0 bridgehead atoms. The molecule has 0 N–H and O–H groups in total. The predicted molar refractivity (Wildman–Crippen MR) is 64.7 cm³/mol. The number of hydrogen-bond acceptors (Lipinski definition) is 2. The Morgan fingerprint density at radius 2 is 2.27 bits per heavy atom. The predicted octanol–water partition coefficient (Wildman–Crippen LogP) is 3.77. The molecule has 15 heavy (non-hydrogen) atoms. The molecule has 0 aliphatic heterocycles. The lowest BCUT2D eigenvalue weighted by molar-refractivity contribution is 0.671. The maximum atomic E-state index is 6.07. The molecule has 2 rings (SSSR count). The van der Waals surface area contributed by atoms with Crippen molar-refractivity contribution < 1.29 is 0 Å². The van der Waals surface area contributed by atoms with Crippen molar-refractivity contribution in [3.63, 3.8) is 0 Å². The van der Waals surface area contributed by atoms with Crippen LogP contribution < -0.4 is 0 Å². The van der Waals surface area contributed by atoms with Gasteiger partial charge in [0.05, 0.1) is 11.6 Å². The lowest BCUT2D eigenvalue weighted by Crippen LogP contribution is -2.05. The largest absolute Gasteiger partial charge is 0.330 e. The molecule has 0 saturated carbocycles. The van der Waals surface area contributed by atoms with E-state index in [1.165, 1.54) is 5.56 Å². The summed E-state index contributed by atoms with van der Waals surface area (Å²) in [6, 6.07) is 0. The number of nitrogens with zero attached hydrogens (tertiary/aromatic N) is 2. The van der Waals surface area contributed by atoms with Gasteiger partial charge in [0.1, 0.15) is 5.82 Å². The summed E-state index contributed by atoms with van der Waals surface area (Å²) in [5, 5.41) is 4.90. The summed E-state index contributed by atoms with van der Waals surface area (Å²) in [6.07, 6.45) is 3.85. The molecule has 0 aliphatic rings. The van der Waals surface area contributed by atoms with E-state index in [-0.39, 0.29) is 0 Å². The van der Waals surface area contributed by atoms with Crippen LogP contribution in [0, 0.1) is 0 Å². The van der Waals surface area contributed by atoms with Crippen LogP contribution in [-0.4, -0.2) is 9.55 Å². The summed E-state index contributed by atoms with van der Waals surface area (Å²) in [5.74, 6) is 1.55. The number of aromatic nitrogens is 2. The van der Waals surface area contributed by atoms with Gasteiger partial charge in [0.25, 0.3) is 0 Å². The van der Waals surface area contributed by atoms with Crippen molar-refractivity contribution in [2.24, 2.45) is 0 Å². The fourth-order valence-corrected chi connectivity index (χ4v) is 2.60. The van der Waals surface area contributed by atoms with Crippen LogP contribution in [0.1, 0.15) is 31.2 Å². The van der Waals surface area contributed by atoms with Gasteiger partial charge in [-0.15, -0.1) is 0 Å². The Kier molecular flexibility index (Phi) is 3.12. The summed E-state index contributed by atoms with van der Waals surface area (Å²) >= 11 is 7.70. The molecule has 2 heterocycles. The first-order valence-corrected chi connectivity index (χ1v) is 6.22. The summed E-state index contributed by atoms with van der Waals surface area (Å²) in [7, 11) is 0. The standard InChI is InChI=1S/C11H13ClN2S/c1-8(2)11-13-3-4-14(11)5-9-6-15-7-10(9)12/h3-4,6-8H,5H2,1-2H3. The fraction of sp³-hybridized carbons (Fsp3) is 0.364. The molecule has 0 aromatic carbocycles. The molecule has 4 heteroatoms. The van der Waals surface area contributed by atoms with Gasteiger partial charge in [-0.2, -0.15) is 11.3 Å². The van der Waals surface area contributed by atoms with Gasteiger partial charge >= 0.3 is 0 Å². The Morgan fingerprint density at radius 3 is 2.87 bits per heavy atom. The van der Waals surface area contributed by atoms with Crippen molar-refractivity contribution >= 4 is 22.9 Å². The van der Waals surface area contributed by atoms with Gasteiger partial charge in [-0.05, 0) is 5.38 Å². The average Bonchev–Trinajstić information content (AvgIpc) is 2.77. The minimum Gasteiger partial charge on any atom is -0.330 e. The molecule has 0 amide bonds. The number of halogens is 1. The van der Waals surface area contributed by atoms with Gasteiger partial charge in [0, 0.05) is 29.3 Å². The normalized spacial score (nSPS) is 11.2. The molecular weight excluding hydrogens is 228 g/mol. The lowest BCUT2D eigenvalue weighted by Gasteiger charge is -2.09. The molecule has 2 aromatic rings. The van der Waals surface area contributed by atoms with E-state index in [0.717, 1.165) is 17.4 Å². The zero-order valence-electron chi connectivity index (χ0n) is 8.77. The van der Waals surface area contributed by atoms with Gasteiger partial charge in [-0.1, -0.05) is 25.4 Å². The third-order valence-electron chi connectivity index (χ3n) is 2.29. The smallest absolute Gasteiger partial charge is 0.111 e. The number of imidazole rings is 1. The van der Waals surface area contributed by atoms with E-state index in [0.29, 0.717) is 5.92 Å².